The van der Waals surface area contributed by atoms with Crippen LogP contribution in [0.4, 0.5) is 0 Å². The van der Waals surface area contributed by atoms with Crippen LogP contribution < -0.4 is 5.56 Å². The smallest absolute Gasteiger partial charge is 0.344 e. The van der Waals surface area contributed by atoms with Crippen LogP contribution in [0, 0.1) is 11.3 Å². The number of hydrogen-bond acceptors (Lipinski definition) is 6. The van der Waals surface area contributed by atoms with Crippen molar-refractivity contribution in [1.82, 2.24) is 9.55 Å². The van der Waals surface area contributed by atoms with Gasteiger partial charge in [-0.1, -0.05) is 25.1 Å². The lowest BCUT2D eigenvalue weighted by Crippen LogP contribution is -2.45. The van der Waals surface area contributed by atoms with E-state index in [2.05, 4.69) is 0 Å². The molecule has 1 unspecified atom stereocenters. The number of para-hydroxylation sites is 1. The molecule has 0 amide bonds. The number of benzene rings is 1. The molecule has 0 aliphatic carbocycles. The Bertz CT molecular complexity index is 1290. The van der Waals surface area contributed by atoms with Gasteiger partial charge >= 0.3 is 5.97 Å². The Hall–Kier alpha value is -3.50. The van der Waals surface area contributed by atoms with Gasteiger partial charge in [0.25, 0.3) is 5.56 Å². The maximum Gasteiger partial charge on any atom is 0.344 e. The van der Waals surface area contributed by atoms with Crippen LogP contribution in [0.1, 0.15) is 36.1 Å². The second kappa shape index (κ2) is 5.50. The van der Waals surface area contributed by atoms with Gasteiger partial charge in [0.1, 0.15) is 6.07 Å². The average molecular weight is 373 g/mol. The third kappa shape index (κ3) is 1.98. The second-order valence-electron chi connectivity index (χ2n) is 7.07. The molecule has 0 spiro atoms. The van der Waals surface area contributed by atoms with Crippen LogP contribution in [0.2, 0.25) is 0 Å². The summed E-state index contributed by atoms with van der Waals surface area (Å²) in [7, 11) is 0. The van der Waals surface area contributed by atoms with Crippen molar-refractivity contribution in [2.24, 2.45) is 0 Å². The zero-order chi connectivity index (χ0) is 19.6. The van der Waals surface area contributed by atoms with E-state index in [4.69, 9.17) is 9.72 Å². The lowest BCUT2D eigenvalue weighted by atomic mass is 9.83. The number of aliphatic hydroxyl groups is 1. The molecule has 7 nitrogen and oxygen atoms in total. The first-order valence-corrected chi connectivity index (χ1v) is 8.98. The molecule has 4 heterocycles. The summed E-state index contributed by atoms with van der Waals surface area (Å²) in [5.74, 6) is -0.914. The molecule has 0 bridgehead atoms. The fourth-order valence-corrected chi connectivity index (χ4v) is 4.08. The Kier molecular flexibility index (Phi) is 3.27. The lowest BCUT2D eigenvalue weighted by molar-refractivity contribution is -0.174. The third-order valence-electron chi connectivity index (χ3n) is 5.61. The molecule has 7 heteroatoms. The number of aromatic nitrogens is 2. The van der Waals surface area contributed by atoms with Crippen molar-refractivity contribution in [2.45, 2.75) is 31.6 Å². The van der Waals surface area contributed by atoms with E-state index < -0.39 is 23.2 Å². The van der Waals surface area contributed by atoms with E-state index in [1.807, 2.05) is 36.4 Å². The number of cyclic esters (lactones) is 1. The van der Waals surface area contributed by atoms with Gasteiger partial charge in [-0.05, 0) is 24.6 Å². The summed E-state index contributed by atoms with van der Waals surface area (Å²) in [5, 5.41) is 21.3. The zero-order valence-electron chi connectivity index (χ0n) is 15.0. The molecule has 1 N–H and O–H groups in total. The maximum absolute atomic E-state index is 13.2. The molecule has 2 atom stereocenters. The molecule has 0 saturated heterocycles. The van der Waals surface area contributed by atoms with Gasteiger partial charge in [-0.2, -0.15) is 5.26 Å². The van der Waals surface area contributed by atoms with Gasteiger partial charge in [-0.15, -0.1) is 0 Å². The summed E-state index contributed by atoms with van der Waals surface area (Å²) in [6, 6.07) is 13.1. The molecule has 138 valence electrons. The average Bonchev–Trinajstić information content (AvgIpc) is 3.07. The molecular weight excluding hydrogens is 358 g/mol. The van der Waals surface area contributed by atoms with E-state index in [0.29, 0.717) is 17.9 Å². The highest BCUT2D eigenvalue weighted by Crippen LogP contribution is 2.41. The van der Waals surface area contributed by atoms with E-state index in [0.717, 1.165) is 16.5 Å². The molecule has 0 fully saturated rings. The molecule has 1 aromatic carbocycles. The number of fused-ring (bicyclic) bond motifs is 5. The van der Waals surface area contributed by atoms with E-state index >= 15 is 0 Å². The summed E-state index contributed by atoms with van der Waals surface area (Å²) in [4.78, 5) is 30.3. The molecule has 0 saturated carbocycles. The van der Waals surface area contributed by atoms with Crippen molar-refractivity contribution in [1.29, 1.82) is 5.26 Å². The minimum atomic E-state index is -1.96. The predicted octanol–water partition coefficient (Wildman–Crippen LogP) is 2.14. The Morgan fingerprint density at radius 1 is 1.36 bits per heavy atom. The van der Waals surface area contributed by atoms with Gasteiger partial charge < -0.3 is 14.4 Å². The predicted molar refractivity (Wildman–Crippen MR) is 99.2 cm³/mol. The van der Waals surface area contributed by atoms with Crippen LogP contribution in [-0.4, -0.2) is 20.6 Å². The Balaban J connectivity index is 1.84. The van der Waals surface area contributed by atoms with E-state index in [9.17, 15) is 20.0 Å². The summed E-state index contributed by atoms with van der Waals surface area (Å²) in [6.45, 7) is 1.94. The highest BCUT2D eigenvalue weighted by Gasteiger charge is 2.49. The summed E-state index contributed by atoms with van der Waals surface area (Å²) < 4.78 is 6.59. The van der Waals surface area contributed by atoms with Gasteiger partial charge in [0, 0.05) is 16.5 Å². The van der Waals surface area contributed by atoms with E-state index in [-0.39, 0.29) is 17.5 Å². The van der Waals surface area contributed by atoms with Crippen molar-refractivity contribution in [3.8, 4) is 17.5 Å². The standard InChI is InChI=1S/C21H15N3O4/c1-2-21(27)13-8-15-18-12(7-11-5-3-4-6-14(11)23-18)10-24(15)19(25)17(13)16(9-22)28-20(21)26/h3-8,16,27H,2,10H2,1H3/t16?,21-/m0/s1. The Labute approximate surface area is 159 Å². The first kappa shape index (κ1) is 16.7. The van der Waals surface area contributed by atoms with Gasteiger partial charge in [0.05, 0.1) is 29.0 Å². The van der Waals surface area contributed by atoms with Gasteiger partial charge in [-0.25, -0.2) is 9.78 Å². The van der Waals surface area contributed by atoms with Crippen LogP contribution in [0.15, 0.2) is 41.2 Å². The van der Waals surface area contributed by atoms with Crippen LogP contribution in [0.25, 0.3) is 22.3 Å². The summed E-state index contributed by atoms with van der Waals surface area (Å²) in [6.07, 6.45) is -1.31. The molecule has 3 aromatic rings. The van der Waals surface area contributed by atoms with Crippen molar-refractivity contribution in [2.75, 3.05) is 0 Å². The number of carbonyl (C=O) groups is 1. The quantitative estimate of drug-likeness (QED) is 0.513. The number of hydrogen-bond donors (Lipinski definition) is 1. The molecule has 2 aliphatic rings. The number of rotatable bonds is 1. The topological polar surface area (TPSA) is 105 Å². The molecule has 28 heavy (non-hydrogen) atoms. The fraction of sp³-hybridized carbons (Fsp3) is 0.238. The van der Waals surface area contributed by atoms with Crippen LogP contribution in [0.5, 0.6) is 0 Å². The monoisotopic (exact) mass is 373 g/mol. The lowest BCUT2D eigenvalue weighted by Gasteiger charge is -2.33. The maximum atomic E-state index is 13.2. The minimum Gasteiger partial charge on any atom is -0.439 e. The summed E-state index contributed by atoms with van der Waals surface area (Å²) in [5.41, 5.74) is 0.591. The summed E-state index contributed by atoms with van der Waals surface area (Å²) >= 11 is 0. The van der Waals surface area contributed by atoms with E-state index in [1.165, 1.54) is 4.57 Å². The van der Waals surface area contributed by atoms with Gasteiger partial charge in [-0.3, -0.25) is 4.79 Å². The van der Waals surface area contributed by atoms with Crippen molar-refractivity contribution in [3.63, 3.8) is 0 Å². The molecular formula is C21H15N3O4. The number of pyridine rings is 2. The van der Waals surface area contributed by atoms with Crippen molar-refractivity contribution >= 4 is 16.9 Å². The second-order valence-corrected chi connectivity index (χ2v) is 7.07. The van der Waals surface area contributed by atoms with Gasteiger partial charge in [0.15, 0.2) is 5.60 Å². The highest BCUT2D eigenvalue weighted by atomic mass is 16.6. The molecule has 5 rings (SSSR count). The van der Waals surface area contributed by atoms with Gasteiger partial charge in [0.2, 0.25) is 6.10 Å². The fourth-order valence-electron chi connectivity index (χ4n) is 4.08. The zero-order valence-corrected chi connectivity index (χ0v) is 15.0. The molecule has 2 aromatic heterocycles. The Morgan fingerprint density at radius 3 is 2.89 bits per heavy atom. The third-order valence-corrected chi connectivity index (χ3v) is 5.61. The number of ether oxygens (including phenoxy) is 1. The molecule has 0 radical (unpaired) electrons. The van der Waals surface area contributed by atoms with Crippen LogP contribution in [0.3, 0.4) is 0 Å². The number of carbonyl (C=O) groups excluding carboxylic acids is 1. The Morgan fingerprint density at radius 2 is 2.14 bits per heavy atom. The first-order valence-electron chi connectivity index (χ1n) is 8.98. The number of esters is 1. The highest BCUT2D eigenvalue weighted by molar-refractivity contribution is 5.86. The van der Waals surface area contributed by atoms with Crippen molar-refractivity contribution in [3.05, 3.63) is 63.4 Å². The SMILES string of the molecule is CC[C@@]1(O)C(=O)OC(C#N)c2c1cc1n(c2=O)Cc2cc3ccccc3nc2-1. The van der Waals surface area contributed by atoms with E-state index in [1.54, 1.807) is 13.0 Å². The van der Waals surface area contributed by atoms with Crippen LogP contribution >= 0.6 is 0 Å². The number of nitriles is 1. The van der Waals surface area contributed by atoms with Crippen LogP contribution in [-0.2, 0) is 21.7 Å². The first-order chi connectivity index (χ1) is 13.5. The number of nitrogens with zero attached hydrogens (tertiary/aromatic N) is 3. The van der Waals surface area contributed by atoms with Crippen molar-refractivity contribution < 1.29 is 14.6 Å². The normalized spacial score (nSPS) is 22.2. The minimum absolute atomic E-state index is 0.0209. The largest absolute Gasteiger partial charge is 0.439 e. The molecule has 2 aliphatic heterocycles.